The van der Waals surface area contributed by atoms with E-state index in [0.717, 1.165) is 36.2 Å². The summed E-state index contributed by atoms with van der Waals surface area (Å²) in [4.78, 5) is 11.3. The van der Waals surface area contributed by atoms with Crippen molar-refractivity contribution in [2.45, 2.75) is 39.3 Å². The third-order valence-corrected chi connectivity index (χ3v) is 3.67. The van der Waals surface area contributed by atoms with Crippen molar-refractivity contribution in [3.8, 4) is 0 Å². The van der Waals surface area contributed by atoms with Crippen molar-refractivity contribution in [3.63, 3.8) is 0 Å². The fourth-order valence-corrected chi connectivity index (χ4v) is 2.74. The second-order valence-electron chi connectivity index (χ2n) is 6.52. The zero-order valence-corrected chi connectivity index (χ0v) is 14.1. The fraction of sp³-hybridized carbons (Fsp3) is 0.529. The van der Waals surface area contributed by atoms with E-state index in [0.29, 0.717) is 12.4 Å². The van der Waals surface area contributed by atoms with Crippen molar-refractivity contribution in [2.75, 3.05) is 25.9 Å². The van der Waals surface area contributed by atoms with Gasteiger partial charge in [-0.1, -0.05) is 19.1 Å². The molecule has 0 unspecified atom stereocenters. The van der Waals surface area contributed by atoms with Crippen molar-refractivity contribution in [2.24, 2.45) is 0 Å². The van der Waals surface area contributed by atoms with E-state index in [4.69, 9.17) is 5.73 Å². The van der Waals surface area contributed by atoms with Crippen molar-refractivity contribution in [1.29, 1.82) is 0 Å². The predicted molar refractivity (Wildman–Crippen MR) is 92.7 cm³/mol. The molecule has 0 saturated heterocycles. The van der Waals surface area contributed by atoms with Crippen LogP contribution in [0.25, 0.3) is 10.9 Å². The van der Waals surface area contributed by atoms with Crippen molar-refractivity contribution in [3.05, 3.63) is 30.1 Å². The number of fused-ring (bicyclic) bond motifs is 1. The molecule has 0 saturated carbocycles. The second-order valence-corrected chi connectivity index (χ2v) is 6.52. The largest absolute Gasteiger partial charge is 0.383 e. The number of rotatable bonds is 7. The molecule has 1 aromatic carbocycles. The van der Waals surface area contributed by atoms with Gasteiger partial charge in [0, 0.05) is 17.5 Å². The first-order valence-corrected chi connectivity index (χ1v) is 7.86. The molecule has 1 aromatic heterocycles. The minimum absolute atomic E-state index is 0.00626. The standard InChI is InChI=1S/C17H27N5/c1-5-10-22(4)12-17(2,3)19-11-15-20-14-9-7-6-8-13(14)16(18)21-15/h6-9,19H,5,10-12H2,1-4H3,(H2,18,20,21). The summed E-state index contributed by atoms with van der Waals surface area (Å²) in [6.07, 6.45) is 1.16. The summed E-state index contributed by atoms with van der Waals surface area (Å²) in [7, 11) is 2.15. The number of benzene rings is 1. The van der Waals surface area contributed by atoms with Crippen LogP contribution >= 0.6 is 0 Å². The van der Waals surface area contributed by atoms with Crippen LogP contribution in [0.15, 0.2) is 24.3 Å². The fourth-order valence-electron chi connectivity index (χ4n) is 2.74. The molecule has 0 fully saturated rings. The monoisotopic (exact) mass is 301 g/mol. The lowest BCUT2D eigenvalue weighted by atomic mass is 10.0. The number of nitrogens with zero attached hydrogens (tertiary/aromatic N) is 3. The quantitative estimate of drug-likeness (QED) is 0.822. The van der Waals surface area contributed by atoms with E-state index in [1.165, 1.54) is 0 Å². The number of nitrogens with two attached hydrogens (primary N) is 1. The van der Waals surface area contributed by atoms with E-state index in [1.807, 2.05) is 24.3 Å². The molecular weight excluding hydrogens is 274 g/mol. The lowest BCUT2D eigenvalue weighted by molar-refractivity contribution is 0.233. The van der Waals surface area contributed by atoms with E-state index in [-0.39, 0.29) is 5.54 Å². The van der Waals surface area contributed by atoms with E-state index >= 15 is 0 Å². The SMILES string of the molecule is CCCN(C)CC(C)(C)NCc1nc(N)c2ccccc2n1. The summed E-state index contributed by atoms with van der Waals surface area (Å²) in [6, 6.07) is 7.84. The maximum atomic E-state index is 6.03. The van der Waals surface area contributed by atoms with Gasteiger partial charge in [0.25, 0.3) is 0 Å². The highest BCUT2D eigenvalue weighted by Gasteiger charge is 2.19. The number of anilines is 1. The summed E-state index contributed by atoms with van der Waals surface area (Å²) in [5, 5.41) is 4.44. The molecule has 0 aliphatic rings. The summed E-state index contributed by atoms with van der Waals surface area (Å²) >= 11 is 0. The van der Waals surface area contributed by atoms with E-state index in [9.17, 15) is 0 Å². The Balaban J connectivity index is 2.04. The second kappa shape index (κ2) is 7.03. The van der Waals surface area contributed by atoms with Gasteiger partial charge in [0.05, 0.1) is 12.1 Å². The maximum absolute atomic E-state index is 6.03. The number of nitrogens with one attached hydrogen (secondary N) is 1. The van der Waals surface area contributed by atoms with Gasteiger partial charge in [-0.3, -0.25) is 0 Å². The topological polar surface area (TPSA) is 67.1 Å². The molecule has 0 spiro atoms. The molecule has 2 aromatic rings. The minimum Gasteiger partial charge on any atom is -0.383 e. The first-order chi connectivity index (χ1) is 10.4. The van der Waals surface area contributed by atoms with Crippen LogP contribution in [0.4, 0.5) is 5.82 Å². The molecule has 1 heterocycles. The van der Waals surface area contributed by atoms with Gasteiger partial charge in [-0.15, -0.1) is 0 Å². The maximum Gasteiger partial charge on any atom is 0.145 e. The highest BCUT2D eigenvalue weighted by molar-refractivity contribution is 5.87. The summed E-state index contributed by atoms with van der Waals surface area (Å²) in [5.74, 6) is 1.28. The Morgan fingerprint density at radius 1 is 1.23 bits per heavy atom. The molecule has 5 nitrogen and oxygen atoms in total. The molecule has 5 heteroatoms. The molecule has 2 rings (SSSR count). The number of para-hydroxylation sites is 1. The van der Waals surface area contributed by atoms with Crippen molar-refractivity contribution < 1.29 is 0 Å². The number of aromatic nitrogens is 2. The Labute approximate surface area is 132 Å². The van der Waals surface area contributed by atoms with Gasteiger partial charge in [-0.05, 0) is 46.0 Å². The van der Waals surface area contributed by atoms with Crippen LogP contribution in [0.1, 0.15) is 33.0 Å². The Kier molecular flexibility index (Phi) is 5.32. The highest BCUT2D eigenvalue weighted by atomic mass is 15.1. The summed E-state index contributed by atoms with van der Waals surface area (Å²) in [5.41, 5.74) is 6.92. The van der Waals surface area contributed by atoms with E-state index in [1.54, 1.807) is 0 Å². The lowest BCUT2D eigenvalue weighted by Gasteiger charge is -2.31. The van der Waals surface area contributed by atoms with Gasteiger partial charge < -0.3 is 16.0 Å². The number of hydrogen-bond acceptors (Lipinski definition) is 5. The first kappa shape index (κ1) is 16.6. The smallest absolute Gasteiger partial charge is 0.145 e. The Bertz CT molecular complexity index is 623. The average molecular weight is 301 g/mol. The van der Waals surface area contributed by atoms with Crippen LogP contribution in [0.2, 0.25) is 0 Å². The highest BCUT2D eigenvalue weighted by Crippen LogP contribution is 2.17. The molecular formula is C17H27N5. The van der Waals surface area contributed by atoms with Gasteiger partial charge in [-0.25, -0.2) is 9.97 Å². The zero-order chi connectivity index (χ0) is 16.2. The van der Waals surface area contributed by atoms with Crippen LogP contribution in [0.3, 0.4) is 0 Å². The minimum atomic E-state index is -0.00626. The van der Waals surface area contributed by atoms with E-state index in [2.05, 4.69) is 48.0 Å². The van der Waals surface area contributed by atoms with Gasteiger partial charge >= 0.3 is 0 Å². The molecule has 0 radical (unpaired) electrons. The summed E-state index contributed by atoms with van der Waals surface area (Å²) in [6.45, 7) is 9.28. The third kappa shape index (κ3) is 4.39. The Morgan fingerprint density at radius 2 is 1.95 bits per heavy atom. The number of likely N-dealkylation sites (N-methyl/N-ethyl adjacent to an activating group) is 1. The molecule has 0 amide bonds. The normalized spacial score (nSPS) is 12.2. The lowest BCUT2D eigenvalue weighted by Crippen LogP contribution is -2.48. The van der Waals surface area contributed by atoms with E-state index < -0.39 is 0 Å². The first-order valence-electron chi connectivity index (χ1n) is 7.86. The molecule has 0 bridgehead atoms. The molecule has 0 aliphatic heterocycles. The van der Waals surface area contributed by atoms with Crippen LogP contribution < -0.4 is 11.1 Å². The van der Waals surface area contributed by atoms with Crippen molar-refractivity contribution >= 4 is 16.7 Å². The molecule has 0 atom stereocenters. The van der Waals surface area contributed by atoms with Gasteiger partial charge in [0.1, 0.15) is 11.6 Å². The van der Waals surface area contributed by atoms with Gasteiger partial charge in [0.2, 0.25) is 0 Å². The van der Waals surface area contributed by atoms with Gasteiger partial charge in [0.15, 0.2) is 0 Å². The summed E-state index contributed by atoms with van der Waals surface area (Å²) < 4.78 is 0. The van der Waals surface area contributed by atoms with Crippen LogP contribution in [0, 0.1) is 0 Å². The molecule has 22 heavy (non-hydrogen) atoms. The predicted octanol–water partition coefficient (Wildman–Crippen LogP) is 2.42. The Morgan fingerprint density at radius 3 is 2.68 bits per heavy atom. The van der Waals surface area contributed by atoms with Crippen molar-refractivity contribution in [1.82, 2.24) is 20.2 Å². The zero-order valence-electron chi connectivity index (χ0n) is 14.1. The third-order valence-electron chi connectivity index (χ3n) is 3.67. The van der Waals surface area contributed by atoms with Crippen LogP contribution in [-0.2, 0) is 6.54 Å². The molecule has 120 valence electrons. The molecule has 3 N–H and O–H groups in total. The molecule has 0 aliphatic carbocycles. The Hall–Kier alpha value is -1.72. The van der Waals surface area contributed by atoms with Crippen LogP contribution in [0.5, 0.6) is 0 Å². The average Bonchev–Trinajstić information content (AvgIpc) is 2.45. The van der Waals surface area contributed by atoms with Gasteiger partial charge in [-0.2, -0.15) is 0 Å². The van der Waals surface area contributed by atoms with Crippen LogP contribution in [-0.4, -0.2) is 40.5 Å². The number of nitrogen functional groups attached to an aromatic ring is 1. The number of hydrogen-bond donors (Lipinski definition) is 2.